The summed E-state index contributed by atoms with van der Waals surface area (Å²) in [7, 11) is 0. The van der Waals surface area contributed by atoms with E-state index in [1.54, 1.807) is 30.5 Å². The van der Waals surface area contributed by atoms with Gasteiger partial charge in [-0.1, -0.05) is 12.1 Å². The van der Waals surface area contributed by atoms with E-state index >= 15 is 0 Å². The Hall–Kier alpha value is -2.60. The molecule has 1 aromatic carbocycles. The van der Waals surface area contributed by atoms with Crippen LogP contribution in [0.5, 0.6) is 0 Å². The van der Waals surface area contributed by atoms with Gasteiger partial charge in [-0.25, -0.2) is 4.98 Å². The molecule has 0 atom stereocenters. The van der Waals surface area contributed by atoms with Gasteiger partial charge in [-0.15, -0.1) is 0 Å². The molecule has 6 heteroatoms. The zero-order valence-corrected chi connectivity index (χ0v) is 12.9. The Labute approximate surface area is 135 Å². The molecule has 1 aliphatic rings. The predicted octanol–water partition coefficient (Wildman–Crippen LogP) is 1.43. The maximum Gasteiger partial charge on any atom is 0.251 e. The minimum absolute atomic E-state index is 0.144. The van der Waals surface area contributed by atoms with Gasteiger partial charge in [-0.05, 0) is 29.8 Å². The Bertz CT molecular complexity index is 667. The van der Waals surface area contributed by atoms with Gasteiger partial charge in [0.15, 0.2) is 0 Å². The second-order valence-corrected chi connectivity index (χ2v) is 5.43. The van der Waals surface area contributed by atoms with E-state index < -0.39 is 0 Å². The first-order valence-electron chi connectivity index (χ1n) is 7.64. The molecule has 2 aromatic rings. The first-order valence-corrected chi connectivity index (χ1v) is 7.64. The van der Waals surface area contributed by atoms with E-state index in [4.69, 9.17) is 10.5 Å². The lowest BCUT2D eigenvalue weighted by atomic mass is 10.2. The van der Waals surface area contributed by atoms with Crippen LogP contribution in [0, 0.1) is 0 Å². The number of amides is 1. The summed E-state index contributed by atoms with van der Waals surface area (Å²) in [4.78, 5) is 18.7. The summed E-state index contributed by atoms with van der Waals surface area (Å²) in [5.74, 6) is 0.800. The van der Waals surface area contributed by atoms with Gasteiger partial charge in [-0.2, -0.15) is 0 Å². The molecule has 1 amide bonds. The van der Waals surface area contributed by atoms with Crippen molar-refractivity contribution in [2.75, 3.05) is 36.9 Å². The van der Waals surface area contributed by atoms with Crippen molar-refractivity contribution in [2.45, 2.75) is 6.54 Å². The summed E-state index contributed by atoms with van der Waals surface area (Å²) < 4.78 is 5.33. The number of nitrogens with two attached hydrogens (primary N) is 1. The molecule has 3 N–H and O–H groups in total. The fourth-order valence-electron chi connectivity index (χ4n) is 2.47. The topological polar surface area (TPSA) is 80.5 Å². The van der Waals surface area contributed by atoms with Gasteiger partial charge in [0.05, 0.1) is 13.2 Å². The number of hydrogen-bond acceptors (Lipinski definition) is 5. The predicted molar refractivity (Wildman–Crippen MR) is 89.3 cm³/mol. The third kappa shape index (κ3) is 3.98. The van der Waals surface area contributed by atoms with E-state index in [1.807, 2.05) is 12.1 Å². The number of hydrogen-bond donors (Lipinski definition) is 2. The molecule has 1 fully saturated rings. The second kappa shape index (κ2) is 7.11. The second-order valence-electron chi connectivity index (χ2n) is 5.43. The summed E-state index contributed by atoms with van der Waals surface area (Å²) in [6, 6.07) is 10.9. The Morgan fingerprint density at radius 3 is 2.78 bits per heavy atom. The molecule has 23 heavy (non-hydrogen) atoms. The number of aromatic nitrogens is 1. The number of benzene rings is 1. The van der Waals surface area contributed by atoms with Crippen LogP contribution in [0.1, 0.15) is 15.9 Å². The Balaban J connectivity index is 1.57. The fraction of sp³-hybridized carbons (Fsp3) is 0.294. The van der Waals surface area contributed by atoms with Crippen molar-refractivity contribution in [3.63, 3.8) is 0 Å². The number of pyridine rings is 1. The molecule has 1 aromatic heterocycles. The molecule has 2 heterocycles. The molecule has 1 aliphatic heterocycles. The summed E-state index contributed by atoms with van der Waals surface area (Å²) in [6.45, 7) is 3.63. The minimum Gasteiger partial charge on any atom is -0.399 e. The summed E-state index contributed by atoms with van der Waals surface area (Å²) in [5.41, 5.74) is 7.78. The molecule has 0 unspecified atom stereocenters. The zero-order chi connectivity index (χ0) is 16.1. The average Bonchev–Trinajstić information content (AvgIpc) is 2.61. The number of nitrogen functional groups attached to an aromatic ring is 1. The zero-order valence-electron chi connectivity index (χ0n) is 12.9. The summed E-state index contributed by atoms with van der Waals surface area (Å²) >= 11 is 0. The molecule has 0 saturated carbocycles. The van der Waals surface area contributed by atoms with Crippen molar-refractivity contribution in [1.29, 1.82) is 0 Å². The number of nitrogens with zero attached hydrogens (tertiary/aromatic N) is 2. The molecular weight excluding hydrogens is 292 g/mol. The quantitative estimate of drug-likeness (QED) is 0.835. The Kier molecular flexibility index (Phi) is 4.73. The smallest absolute Gasteiger partial charge is 0.251 e. The number of carbonyl (C=O) groups is 1. The Morgan fingerprint density at radius 2 is 2.09 bits per heavy atom. The van der Waals surface area contributed by atoms with E-state index in [9.17, 15) is 4.79 Å². The highest BCUT2D eigenvalue weighted by Gasteiger charge is 2.12. The maximum absolute atomic E-state index is 12.1. The maximum atomic E-state index is 12.1. The normalized spacial score (nSPS) is 14.5. The molecule has 0 radical (unpaired) electrons. The van der Waals surface area contributed by atoms with Crippen LogP contribution < -0.4 is 16.0 Å². The van der Waals surface area contributed by atoms with Crippen molar-refractivity contribution < 1.29 is 9.53 Å². The van der Waals surface area contributed by atoms with E-state index in [-0.39, 0.29) is 5.91 Å². The van der Waals surface area contributed by atoms with E-state index in [2.05, 4.69) is 15.2 Å². The van der Waals surface area contributed by atoms with Crippen molar-refractivity contribution in [1.82, 2.24) is 10.3 Å². The molecule has 1 saturated heterocycles. The van der Waals surface area contributed by atoms with Gasteiger partial charge in [0.1, 0.15) is 5.82 Å². The van der Waals surface area contributed by atoms with Gasteiger partial charge >= 0.3 is 0 Å². The molecule has 3 rings (SSSR count). The molecule has 0 spiro atoms. The lowest BCUT2D eigenvalue weighted by molar-refractivity contribution is 0.0951. The van der Waals surface area contributed by atoms with Crippen LogP contribution in [0.2, 0.25) is 0 Å². The first kappa shape index (κ1) is 15.3. The number of nitrogens with one attached hydrogen (secondary N) is 1. The third-order valence-corrected chi connectivity index (χ3v) is 3.75. The van der Waals surface area contributed by atoms with Crippen LogP contribution in [0.4, 0.5) is 11.5 Å². The highest BCUT2D eigenvalue weighted by atomic mass is 16.5. The monoisotopic (exact) mass is 312 g/mol. The van der Waals surface area contributed by atoms with Gasteiger partial charge in [0.25, 0.3) is 5.91 Å². The molecule has 6 nitrogen and oxygen atoms in total. The van der Waals surface area contributed by atoms with E-state index in [0.717, 1.165) is 37.7 Å². The van der Waals surface area contributed by atoms with Crippen LogP contribution in [-0.4, -0.2) is 37.2 Å². The Morgan fingerprint density at radius 1 is 1.26 bits per heavy atom. The molecule has 120 valence electrons. The summed E-state index contributed by atoms with van der Waals surface area (Å²) in [5, 5.41) is 2.87. The van der Waals surface area contributed by atoms with Crippen LogP contribution in [0.3, 0.4) is 0 Å². The lowest BCUT2D eigenvalue weighted by Crippen LogP contribution is -2.36. The van der Waals surface area contributed by atoms with Crippen molar-refractivity contribution in [3.05, 3.63) is 53.7 Å². The highest BCUT2D eigenvalue weighted by molar-refractivity contribution is 5.94. The summed E-state index contributed by atoms with van der Waals surface area (Å²) in [6.07, 6.45) is 1.80. The third-order valence-electron chi connectivity index (χ3n) is 3.75. The van der Waals surface area contributed by atoms with Gasteiger partial charge in [0.2, 0.25) is 0 Å². The highest BCUT2D eigenvalue weighted by Crippen LogP contribution is 2.13. The van der Waals surface area contributed by atoms with Crippen LogP contribution >= 0.6 is 0 Å². The standard InChI is InChI=1S/C17H20N4O2/c18-15-3-1-2-14(10-15)17(22)20-12-13-4-5-16(19-11-13)21-6-8-23-9-7-21/h1-5,10-11H,6-9,12,18H2,(H,20,22). The minimum atomic E-state index is -0.144. The number of morpholine rings is 1. The average molecular weight is 312 g/mol. The van der Waals surface area contributed by atoms with E-state index in [0.29, 0.717) is 17.8 Å². The lowest BCUT2D eigenvalue weighted by Gasteiger charge is -2.27. The van der Waals surface area contributed by atoms with Gasteiger partial charge in [0, 0.05) is 37.1 Å². The van der Waals surface area contributed by atoms with Crippen LogP contribution in [0.15, 0.2) is 42.6 Å². The first-order chi connectivity index (χ1) is 11.2. The SMILES string of the molecule is Nc1cccc(C(=O)NCc2ccc(N3CCOCC3)nc2)c1. The number of carbonyl (C=O) groups excluding carboxylic acids is 1. The van der Waals surface area contributed by atoms with Gasteiger partial charge < -0.3 is 20.7 Å². The molecule has 0 bridgehead atoms. The number of ether oxygens (including phenoxy) is 1. The van der Waals surface area contributed by atoms with E-state index in [1.165, 1.54) is 0 Å². The molecule has 0 aliphatic carbocycles. The fourth-order valence-corrected chi connectivity index (χ4v) is 2.47. The van der Waals surface area contributed by atoms with Crippen LogP contribution in [0.25, 0.3) is 0 Å². The molecular formula is C17H20N4O2. The van der Waals surface area contributed by atoms with Crippen molar-refractivity contribution >= 4 is 17.4 Å². The van der Waals surface area contributed by atoms with Gasteiger partial charge in [-0.3, -0.25) is 4.79 Å². The number of rotatable bonds is 4. The largest absolute Gasteiger partial charge is 0.399 e. The van der Waals surface area contributed by atoms with Crippen molar-refractivity contribution in [2.24, 2.45) is 0 Å². The van der Waals surface area contributed by atoms with Crippen molar-refractivity contribution in [3.8, 4) is 0 Å². The van der Waals surface area contributed by atoms with Crippen LogP contribution in [-0.2, 0) is 11.3 Å². The number of anilines is 2.